The lowest BCUT2D eigenvalue weighted by Crippen LogP contribution is -2.49. The molecule has 0 bridgehead atoms. The first kappa shape index (κ1) is 23.2. The average molecular weight is 514 g/mol. The number of para-hydroxylation sites is 1. The molecule has 0 radical (unpaired) electrons. The zero-order valence-corrected chi connectivity index (χ0v) is 21.2. The van der Waals surface area contributed by atoms with Gasteiger partial charge in [-0.3, -0.25) is 5.10 Å². The molecule has 1 aliphatic heterocycles. The third-order valence-electron chi connectivity index (χ3n) is 6.42. The van der Waals surface area contributed by atoms with E-state index in [9.17, 15) is 4.79 Å². The maximum absolute atomic E-state index is 12.3. The Balaban J connectivity index is 1.21. The van der Waals surface area contributed by atoms with Gasteiger partial charge in [-0.15, -0.1) is 11.3 Å². The van der Waals surface area contributed by atoms with Crippen LogP contribution in [0.4, 0.5) is 10.6 Å². The maximum atomic E-state index is 12.3. The summed E-state index contributed by atoms with van der Waals surface area (Å²) in [5.74, 6) is 2.04. The highest BCUT2D eigenvalue weighted by molar-refractivity contribution is 7.21. The summed E-state index contributed by atoms with van der Waals surface area (Å²) in [7, 11) is 0. The van der Waals surface area contributed by atoms with Gasteiger partial charge in [0.15, 0.2) is 11.5 Å². The summed E-state index contributed by atoms with van der Waals surface area (Å²) >= 11 is 1.68. The molecule has 0 saturated carbocycles. The number of benzene rings is 2. The van der Waals surface area contributed by atoms with Crippen LogP contribution in [-0.4, -0.2) is 56.8 Å². The van der Waals surface area contributed by atoms with E-state index in [1.165, 1.54) is 4.70 Å². The lowest BCUT2D eigenvalue weighted by atomic mass is 10.1. The van der Waals surface area contributed by atoms with Crippen LogP contribution in [0.2, 0.25) is 0 Å². The molecule has 5 aromatic rings. The minimum absolute atomic E-state index is 0.0270. The first-order valence-electron chi connectivity index (χ1n) is 12.4. The monoisotopic (exact) mass is 513 g/mol. The standard InChI is InChI=1S/C27H27N7O2S/c1-2-28-27(35)34-15-5-6-18(16-34)30-25-23-21(13-14-29-24(23)32-33-25)36-19-11-9-17(10-12-19)26-31-20-7-3-4-8-22(20)37-26/h3-4,7-14,18H,2,5-6,15-16H2,1H3,(H,28,35)(H2,29,30,32,33)/t18-/m1/s1. The zero-order chi connectivity index (χ0) is 25.2. The molecule has 9 nitrogen and oxygen atoms in total. The third kappa shape index (κ3) is 4.79. The van der Waals surface area contributed by atoms with Gasteiger partial charge in [0.1, 0.15) is 21.9 Å². The summed E-state index contributed by atoms with van der Waals surface area (Å²) in [6.07, 6.45) is 3.58. The van der Waals surface area contributed by atoms with E-state index >= 15 is 0 Å². The predicted molar refractivity (Wildman–Crippen MR) is 146 cm³/mol. The van der Waals surface area contributed by atoms with E-state index in [1.807, 2.05) is 60.4 Å². The van der Waals surface area contributed by atoms with Crippen molar-refractivity contribution in [1.29, 1.82) is 0 Å². The van der Waals surface area contributed by atoms with Crippen molar-refractivity contribution in [2.75, 3.05) is 25.0 Å². The minimum Gasteiger partial charge on any atom is -0.456 e. The van der Waals surface area contributed by atoms with Gasteiger partial charge in [-0.1, -0.05) is 12.1 Å². The number of ether oxygens (including phenoxy) is 1. The molecule has 2 amide bonds. The summed E-state index contributed by atoms with van der Waals surface area (Å²) in [5, 5.41) is 15.6. The molecule has 1 atom stereocenters. The van der Waals surface area contributed by atoms with Crippen molar-refractivity contribution < 1.29 is 9.53 Å². The normalized spacial score (nSPS) is 15.7. The summed E-state index contributed by atoms with van der Waals surface area (Å²) < 4.78 is 7.46. The van der Waals surface area contributed by atoms with Crippen LogP contribution in [-0.2, 0) is 0 Å². The number of thiazole rings is 1. The lowest BCUT2D eigenvalue weighted by Gasteiger charge is -2.33. The number of H-pyrrole nitrogens is 1. The summed E-state index contributed by atoms with van der Waals surface area (Å²) in [4.78, 5) is 23.3. The third-order valence-corrected chi connectivity index (χ3v) is 7.51. The van der Waals surface area contributed by atoms with Crippen LogP contribution < -0.4 is 15.4 Å². The van der Waals surface area contributed by atoms with Gasteiger partial charge in [-0.2, -0.15) is 5.10 Å². The Labute approximate surface area is 217 Å². The van der Waals surface area contributed by atoms with E-state index in [1.54, 1.807) is 17.5 Å². The van der Waals surface area contributed by atoms with Gasteiger partial charge in [-0.05, 0) is 56.2 Å². The number of nitrogens with zero attached hydrogens (tertiary/aromatic N) is 4. The number of pyridine rings is 1. The number of hydrogen-bond acceptors (Lipinski definition) is 7. The molecule has 1 aliphatic rings. The van der Waals surface area contributed by atoms with Gasteiger partial charge < -0.3 is 20.3 Å². The summed E-state index contributed by atoms with van der Waals surface area (Å²) in [6.45, 7) is 3.92. The average Bonchev–Trinajstić information content (AvgIpc) is 3.54. The number of piperidine rings is 1. The van der Waals surface area contributed by atoms with Gasteiger partial charge in [0.2, 0.25) is 0 Å². The van der Waals surface area contributed by atoms with Crippen LogP contribution in [0.15, 0.2) is 60.8 Å². The predicted octanol–water partition coefficient (Wildman–Crippen LogP) is 5.63. The van der Waals surface area contributed by atoms with Crippen molar-refractivity contribution in [3.63, 3.8) is 0 Å². The second-order valence-corrected chi connectivity index (χ2v) is 10.0. The molecule has 1 fully saturated rings. The van der Waals surface area contributed by atoms with E-state index < -0.39 is 0 Å². The molecule has 10 heteroatoms. The molecule has 188 valence electrons. The highest BCUT2D eigenvalue weighted by atomic mass is 32.1. The van der Waals surface area contributed by atoms with E-state index in [2.05, 4.69) is 31.9 Å². The molecular weight excluding hydrogens is 486 g/mol. The molecule has 0 aliphatic carbocycles. The number of amides is 2. The number of likely N-dealkylation sites (tertiary alicyclic amines) is 1. The van der Waals surface area contributed by atoms with Crippen molar-refractivity contribution in [3.8, 4) is 22.1 Å². The Bertz CT molecular complexity index is 1510. The molecule has 3 N–H and O–H groups in total. The molecular formula is C27H27N7O2S. The van der Waals surface area contributed by atoms with Crippen LogP contribution >= 0.6 is 11.3 Å². The molecule has 37 heavy (non-hydrogen) atoms. The number of anilines is 1. The number of carbonyl (C=O) groups excluding carboxylic acids is 1. The molecule has 4 heterocycles. The van der Waals surface area contributed by atoms with Crippen molar-refractivity contribution in [1.82, 2.24) is 30.4 Å². The highest BCUT2D eigenvalue weighted by Gasteiger charge is 2.25. The number of nitrogens with one attached hydrogen (secondary N) is 3. The molecule has 2 aromatic carbocycles. The van der Waals surface area contributed by atoms with Crippen molar-refractivity contribution in [3.05, 3.63) is 60.8 Å². The smallest absolute Gasteiger partial charge is 0.317 e. The fourth-order valence-corrected chi connectivity index (χ4v) is 5.61. The van der Waals surface area contributed by atoms with E-state index in [4.69, 9.17) is 9.72 Å². The minimum atomic E-state index is -0.0270. The number of hydrogen-bond donors (Lipinski definition) is 3. The SMILES string of the molecule is CCNC(=O)N1CCC[C@@H](Nc2n[nH]c3nccc(Oc4ccc(-c5nc6ccccc6s5)cc4)c23)C1. The van der Waals surface area contributed by atoms with Crippen LogP contribution in [0, 0.1) is 0 Å². The largest absolute Gasteiger partial charge is 0.456 e. The molecule has 3 aromatic heterocycles. The first-order valence-corrected chi connectivity index (χ1v) is 13.3. The topological polar surface area (TPSA) is 108 Å². The lowest BCUT2D eigenvalue weighted by molar-refractivity contribution is 0.183. The van der Waals surface area contributed by atoms with Gasteiger partial charge in [-0.25, -0.2) is 14.8 Å². The van der Waals surface area contributed by atoms with Gasteiger partial charge in [0.25, 0.3) is 0 Å². The van der Waals surface area contributed by atoms with E-state index in [0.29, 0.717) is 36.1 Å². The van der Waals surface area contributed by atoms with Crippen molar-refractivity contribution in [2.24, 2.45) is 0 Å². The summed E-state index contributed by atoms with van der Waals surface area (Å²) in [6, 6.07) is 18.0. The van der Waals surface area contributed by atoms with Crippen molar-refractivity contribution in [2.45, 2.75) is 25.8 Å². The molecule has 1 saturated heterocycles. The number of aromatic amines is 1. The second kappa shape index (κ2) is 10.1. The number of aromatic nitrogens is 4. The zero-order valence-electron chi connectivity index (χ0n) is 20.4. The Morgan fingerprint density at radius 2 is 2.05 bits per heavy atom. The molecule has 0 unspecified atom stereocenters. The number of carbonyl (C=O) groups is 1. The number of rotatable bonds is 6. The molecule has 6 rings (SSSR count). The Morgan fingerprint density at radius 1 is 1.19 bits per heavy atom. The fourth-order valence-electron chi connectivity index (χ4n) is 4.64. The van der Waals surface area contributed by atoms with Gasteiger partial charge in [0, 0.05) is 43.5 Å². The van der Waals surface area contributed by atoms with Gasteiger partial charge >= 0.3 is 6.03 Å². The summed E-state index contributed by atoms with van der Waals surface area (Å²) in [5.41, 5.74) is 2.70. The first-order chi connectivity index (χ1) is 18.2. The van der Waals surface area contributed by atoms with E-state index in [-0.39, 0.29) is 12.1 Å². The number of fused-ring (bicyclic) bond motifs is 2. The van der Waals surface area contributed by atoms with Gasteiger partial charge in [0.05, 0.1) is 10.2 Å². The Morgan fingerprint density at radius 3 is 2.89 bits per heavy atom. The quantitative estimate of drug-likeness (QED) is 0.271. The second-order valence-electron chi connectivity index (χ2n) is 8.98. The molecule has 0 spiro atoms. The highest BCUT2D eigenvalue weighted by Crippen LogP contribution is 2.35. The Hall–Kier alpha value is -4.18. The fraction of sp³-hybridized carbons (Fsp3) is 0.259. The number of urea groups is 1. The van der Waals surface area contributed by atoms with Crippen LogP contribution in [0.1, 0.15) is 19.8 Å². The maximum Gasteiger partial charge on any atom is 0.317 e. The van der Waals surface area contributed by atoms with Crippen LogP contribution in [0.25, 0.3) is 31.8 Å². The van der Waals surface area contributed by atoms with E-state index in [0.717, 1.165) is 40.9 Å². The Kier molecular flexibility index (Phi) is 6.32. The van der Waals surface area contributed by atoms with Crippen LogP contribution in [0.3, 0.4) is 0 Å². The van der Waals surface area contributed by atoms with Crippen molar-refractivity contribution >= 4 is 44.4 Å². The van der Waals surface area contributed by atoms with Crippen LogP contribution in [0.5, 0.6) is 11.5 Å².